The third-order valence-corrected chi connectivity index (χ3v) is 8.86. The third kappa shape index (κ3) is 5.41. The van der Waals surface area contributed by atoms with E-state index in [1.807, 2.05) is 36.5 Å². The molecule has 0 bridgehead atoms. The van der Waals surface area contributed by atoms with Crippen LogP contribution in [0.1, 0.15) is 50.9 Å². The summed E-state index contributed by atoms with van der Waals surface area (Å²) in [5.41, 5.74) is 3.36. The van der Waals surface area contributed by atoms with Crippen LogP contribution in [0, 0.1) is 5.92 Å². The van der Waals surface area contributed by atoms with E-state index >= 15 is 0 Å². The van der Waals surface area contributed by atoms with Crippen molar-refractivity contribution in [2.24, 2.45) is 5.92 Å². The topological polar surface area (TPSA) is 101 Å². The third-order valence-electron chi connectivity index (χ3n) is 6.77. The molecule has 0 atom stereocenters. The maximum atomic E-state index is 12.8. The molecule has 2 N–H and O–H groups in total. The average molecular weight is 511 g/mol. The highest BCUT2D eigenvalue weighted by atomic mass is 32.2. The van der Waals surface area contributed by atoms with E-state index in [-0.39, 0.29) is 11.8 Å². The lowest BCUT2D eigenvalue weighted by molar-refractivity contribution is -0.123. The van der Waals surface area contributed by atoms with Crippen LogP contribution in [0.25, 0.3) is 10.9 Å². The molecule has 1 saturated heterocycles. The zero-order valence-electron chi connectivity index (χ0n) is 21.2. The zero-order valence-corrected chi connectivity index (χ0v) is 22.1. The number of anilines is 2. The molecule has 0 aliphatic carbocycles. The van der Waals surface area contributed by atoms with Crippen molar-refractivity contribution < 1.29 is 18.0 Å². The van der Waals surface area contributed by atoms with Gasteiger partial charge in [-0.15, -0.1) is 0 Å². The normalized spacial score (nSPS) is 15.2. The first kappa shape index (κ1) is 25.8. The number of aryl methyl sites for hydroxylation is 1. The van der Waals surface area contributed by atoms with Gasteiger partial charge in [-0.05, 0) is 88.4 Å². The molecule has 192 valence electrons. The van der Waals surface area contributed by atoms with Crippen molar-refractivity contribution in [1.29, 1.82) is 0 Å². The van der Waals surface area contributed by atoms with Crippen molar-refractivity contribution in [3.63, 3.8) is 0 Å². The van der Waals surface area contributed by atoms with Crippen LogP contribution in [-0.2, 0) is 21.4 Å². The molecule has 9 heteroatoms. The molecule has 1 aromatic heterocycles. The Morgan fingerprint density at radius 1 is 1.00 bits per heavy atom. The van der Waals surface area contributed by atoms with E-state index in [9.17, 15) is 18.0 Å². The molecule has 0 radical (unpaired) electrons. The number of aromatic nitrogens is 1. The fourth-order valence-electron chi connectivity index (χ4n) is 4.33. The summed E-state index contributed by atoms with van der Waals surface area (Å²) in [4.78, 5) is 27.5. The molecule has 1 aliphatic rings. The van der Waals surface area contributed by atoms with Crippen LogP contribution in [0.2, 0.25) is 0 Å². The van der Waals surface area contributed by atoms with E-state index in [1.165, 1.54) is 0 Å². The molecule has 0 saturated carbocycles. The van der Waals surface area contributed by atoms with Crippen LogP contribution in [0.3, 0.4) is 0 Å². The quantitative estimate of drug-likeness (QED) is 0.513. The Balaban J connectivity index is 1.34. The SMILES string of the molecule is CCn1ccc2ccc(NC(=O)c3ccc(N4CCC(C(=O)NS(=O)(=O)C(C)(C)C)CC4)cc3)cc21. The van der Waals surface area contributed by atoms with Gasteiger partial charge >= 0.3 is 0 Å². The van der Waals surface area contributed by atoms with Gasteiger partial charge in [-0.3, -0.25) is 14.3 Å². The molecule has 36 heavy (non-hydrogen) atoms. The molecule has 2 amide bonds. The van der Waals surface area contributed by atoms with Crippen molar-refractivity contribution in [3.8, 4) is 0 Å². The van der Waals surface area contributed by atoms with E-state index in [1.54, 1.807) is 32.9 Å². The van der Waals surface area contributed by atoms with Crippen LogP contribution in [0.5, 0.6) is 0 Å². The molecular weight excluding hydrogens is 476 g/mol. The van der Waals surface area contributed by atoms with Crippen molar-refractivity contribution in [3.05, 3.63) is 60.3 Å². The second kappa shape index (κ2) is 9.97. The van der Waals surface area contributed by atoms with E-state index in [4.69, 9.17) is 0 Å². The second-order valence-corrected chi connectivity index (χ2v) is 12.7. The summed E-state index contributed by atoms with van der Waals surface area (Å²) in [6.45, 7) is 8.92. The number of amides is 2. The Labute approximate surface area is 212 Å². The van der Waals surface area contributed by atoms with Gasteiger partial charge in [-0.1, -0.05) is 6.07 Å². The minimum Gasteiger partial charge on any atom is -0.371 e. The summed E-state index contributed by atoms with van der Waals surface area (Å²) in [6, 6.07) is 15.4. The van der Waals surface area contributed by atoms with Gasteiger partial charge in [0.25, 0.3) is 5.91 Å². The number of sulfonamides is 1. The Hall–Kier alpha value is -3.33. The van der Waals surface area contributed by atoms with Gasteiger partial charge in [0.05, 0.1) is 10.3 Å². The Morgan fingerprint density at radius 2 is 1.67 bits per heavy atom. The minimum absolute atomic E-state index is 0.175. The number of nitrogens with one attached hydrogen (secondary N) is 2. The summed E-state index contributed by atoms with van der Waals surface area (Å²) >= 11 is 0. The number of piperidine rings is 1. The molecule has 2 heterocycles. The van der Waals surface area contributed by atoms with Gasteiger partial charge in [0.1, 0.15) is 0 Å². The first-order chi connectivity index (χ1) is 17.0. The number of carbonyl (C=O) groups is 2. The van der Waals surface area contributed by atoms with Crippen molar-refractivity contribution in [2.45, 2.75) is 51.8 Å². The number of rotatable bonds is 6. The summed E-state index contributed by atoms with van der Waals surface area (Å²) in [7, 11) is -3.71. The summed E-state index contributed by atoms with van der Waals surface area (Å²) in [6.07, 6.45) is 3.17. The van der Waals surface area contributed by atoms with Gasteiger partial charge in [0.15, 0.2) is 0 Å². The van der Waals surface area contributed by atoms with Gasteiger partial charge < -0.3 is 14.8 Å². The first-order valence-corrected chi connectivity index (χ1v) is 13.8. The maximum Gasteiger partial charge on any atom is 0.255 e. The fraction of sp³-hybridized carbons (Fsp3) is 0.407. The highest BCUT2D eigenvalue weighted by Gasteiger charge is 2.34. The lowest BCUT2D eigenvalue weighted by Gasteiger charge is -2.33. The van der Waals surface area contributed by atoms with E-state index < -0.39 is 20.7 Å². The summed E-state index contributed by atoms with van der Waals surface area (Å²) in [5, 5.41) is 4.11. The van der Waals surface area contributed by atoms with E-state index in [2.05, 4.69) is 32.5 Å². The Morgan fingerprint density at radius 3 is 2.28 bits per heavy atom. The van der Waals surface area contributed by atoms with Crippen LogP contribution in [-0.4, -0.2) is 42.6 Å². The monoisotopic (exact) mass is 510 g/mol. The lowest BCUT2D eigenvalue weighted by Crippen LogP contribution is -2.47. The molecule has 0 unspecified atom stereocenters. The van der Waals surface area contributed by atoms with E-state index in [0.29, 0.717) is 31.5 Å². The number of fused-ring (bicyclic) bond motifs is 1. The molecule has 8 nitrogen and oxygen atoms in total. The van der Waals surface area contributed by atoms with Gasteiger partial charge in [-0.25, -0.2) is 8.42 Å². The summed E-state index contributed by atoms with van der Waals surface area (Å²) < 4.78 is 27.9. The van der Waals surface area contributed by atoms with Crippen LogP contribution in [0.15, 0.2) is 54.7 Å². The fourth-order valence-corrected chi connectivity index (χ4v) is 5.07. The van der Waals surface area contributed by atoms with Crippen LogP contribution < -0.4 is 14.9 Å². The van der Waals surface area contributed by atoms with Crippen molar-refractivity contribution in [1.82, 2.24) is 9.29 Å². The van der Waals surface area contributed by atoms with Crippen molar-refractivity contribution in [2.75, 3.05) is 23.3 Å². The molecule has 1 fully saturated rings. The predicted molar refractivity (Wildman–Crippen MR) is 144 cm³/mol. The molecule has 1 aliphatic heterocycles. The maximum absolute atomic E-state index is 12.8. The Bertz CT molecular complexity index is 1360. The van der Waals surface area contributed by atoms with Crippen LogP contribution in [0.4, 0.5) is 11.4 Å². The van der Waals surface area contributed by atoms with Gasteiger partial charge in [-0.2, -0.15) is 0 Å². The Kier molecular flexibility index (Phi) is 7.13. The molecular formula is C27H34N4O4S. The average Bonchev–Trinajstić information content (AvgIpc) is 3.25. The second-order valence-electron chi connectivity index (χ2n) is 10.2. The molecule has 0 spiro atoms. The molecule has 2 aromatic carbocycles. The van der Waals surface area contributed by atoms with Gasteiger partial charge in [0, 0.05) is 48.7 Å². The largest absolute Gasteiger partial charge is 0.371 e. The first-order valence-electron chi connectivity index (χ1n) is 12.3. The van der Waals surface area contributed by atoms with Crippen molar-refractivity contribution >= 4 is 44.1 Å². The minimum atomic E-state index is -3.71. The standard InChI is InChI=1S/C27H34N4O4S/c1-5-30-15-12-19-6-9-22(18-24(19)30)28-25(32)20-7-10-23(11-8-20)31-16-13-21(14-17-31)26(33)29-36(34,35)27(2,3)4/h6-12,15,18,21H,5,13-14,16-17H2,1-4H3,(H,28,32)(H,29,33). The molecule has 3 aromatic rings. The number of hydrogen-bond acceptors (Lipinski definition) is 5. The molecule has 4 rings (SSSR count). The van der Waals surface area contributed by atoms with Gasteiger partial charge in [0.2, 0.25) is 15.9 Å². The number of nitrogens with zero attached hydrogens (tertiary/aromatic N) is 2. The number of benzene rings is 2. The number of hydrogen-bond donors (Lipinski definition) is 2. The lowest BCUT2D eigenvalue weighted by atomic mass is 9.96. The highest BCUT2D eigenvalue weighted by Crippen LogP contribution is 2.26. The highest BCUT2D eigenvalue weighted by molar-refractivity contribution is 7.91. The van der Waals surface area contributed by atoms with Crippen LogP contribution >= 0.6 is 0 Å². The number of carbonyl (C=O) groups excluding carboxylic acids is 2. The van der Waals surface area contributed by atoms with E-state index in [0.717, 1.165) is 28.8 Å². The predicted octanol–water partition coefficient (Wildman–Crippen LogP) is 4.37. The zero-order chi connectivity index (χ0) is 26.1. The smallest absolute Gasteiger partial charge is 0.255 e. The summed E-state index contributed by atoms with van der Waals surface area (Å²) in [5.74, 6) is -0.943.